The van der Waals surface area contributed by atoms with Crippen molar-refractivity contribution in [3.05, 3.63) is 24.2 Å². The summed E-state index contributed by atoms with van der Waals surface area (Å²) in [5.74, 6) is 2.12. The molecule has 0 aromatic carbocycles. The average Bonchev–Trinajstić information content (AvgIpc) is 3.46. The molecule has 2 aromatic rings. The molecule has 0 amide bonds. The maximum Gasteiger partial charge on any atom is 0.387 e. The van der Waals surface area contributed by atoms with Gasteiger partial charge in [-0.15, -0.1) is 0 Å². The molecular formula is C20H22F3N5OS. The molecule has 1 saturated carbocycles. The number of rotatable bonds is 5. The van der Waals surface area contributed by atoms with Crippen LogP contribution in [0, 0.1) is 0 Å². The zero-order chi connectivity index (χ0) is 20.8. The number of thioether (sulfide) groups is 1. The predicted molar refractivity (Wildman–Crippen MR) is 110 cm³/mol. The number of nitrogens with two attached hydrogens (primary N) is 1. The Morgan fingerprint density at radius 2 is 2.07 bits per heavy atom. The van der Waals surface area contributed by atoms with Crippen LogP contribution in [-0.2, 0) is 0 Å². The minimum absolute atomic E-state index is 0.0496. The fourth-order valence-electron chi connectivity index (χ4n) is 4.56. The number of hydrogen-bond donors (Lipinski definition) is 1. The third kappa shape index (κ3) is 3.77. The molecule has 4 heterocycles. The van der Waals surface area contributed by atoms with Crippen LogP contribution < -0.4 is 15.4 Å². The molecule has 3 fully saturated rings. The van der Waals surface area contributed by atoms with E-state index in [2.05, 4.69) is 19.6 Å². The number of anilines is 2. The van der Waals surface area contributed by atoms with Gasteiger partial charge in [-0.25, -0.2) is 19.3 Å². The number of nitrogen functional groups attached to an aromatic ring is 1. The zero-order valence-electron chi connectivity index (χ0n) is 16.2. The summed E-state index contributed by atoms with van der Waals surface area (Å²) in [6.45, 7) is -2.08. The highest BCUT2D eigenvalue weighted by molar-refractivity contribution is 8.00. The minimum atomic E-state index is -3.00. The Labute approximate surface area is 176 Å². The van der Waals surface area contributed by atoms with E-state index >= 15 is 0 Å². The Bertz CT molecular complexity index is 949. The number of fused-ring (bicyclic) bond motifs is 2. The Balaban J connectivity index is 1.55. The first kappa shape index (κ1) is 19.7. The maximum atomic E-state index is 13.8. The lowest BCUT2D eigenvalue weighted by Gasteiger charge is -2.28. The molecule has 0 spiro atoms. The highest BCUT2D eigenvalue weighted by Gasteiger charge is 2.40. The van der Waals surface area contributed by atoms with Crippen LogP contribution in [0.2, 0.25) is 0 Å². The van der Waals surface area contributed by atoms with Gasteiger partial charge in [-0.05, 0) is 31.7 Å². The van der Waals surface area contributed by atoms with Crippen molar-refractivity contribution in [3.8, 4) is 17.0 Å². The van der Waals surface area contributed by atoms with Crippen LogP contribution in [0.25, 0.3) is 11.3 Å². The van der Waals surface area contributed by atoms with E-state index in [1.165, 1.54) is 12.3 Å². The lowest BCUT2D eigenvalue weighted by Crippen LogP contribution is -2.34. The second-order valence-electron chi connectivity index (χ2n) is 8.06. The second-order valence-corrected chi connectivity index (χ2v) is 9.39. The molecule has 2 saturated heterocycles. The number of halogens is 3. The molecule has 4 atom stereocenters. The summed E-state index contributed by atoms with van der Waals surface area (Å²) in [6, 6.07) is 3.70. The molecule has 2 aromatic heterocycles. The van der Waals surface area contributed by atoms with Crippen LogP contribution in [0.1, 0.15) is 37.4 Å². The Hall–Kier alpha value is -2.23. The first-order valence-electron chi connectivity index (χ1n) is 10.1. The van der Waals surface area contributed by atoms with Gasteiger partial charge in [0.2, 0.25) is 0 Å². The molecule has 1 aliphatic carbocycles. The molecule has 0 radical (unpaired) electrons. The number of alkyl halides is 3. The number of pyridine rings is 1. The highest BCUT2D eigenvalue weighted by atomic mass is 32.2. The van der Waals surface area contributed by atoms with E-state index in [9.17, 15) is 13.2 Å². The maximum absolute atomic E-state index is 13.8. The summed E-state index contributed by atoms with van der Waals surface area (Å²) < 4.78 is 43.8. The standard InChI is InChI=1S/C20H22F3N5OS/c21-12-2-1-10(3-12)19-26-15(11-4-16(29-20(22)23)18(24)25-7-11)6-17(27-19)28-8-14-5-13(28)9-30-14/h4,6-7,10,12-14,20H,1-3,5,8-9H2,(H2,24,25)/t10?,12-,13-,14-/m0/s1. The molecule has 5 rings (SSSR count). The van der Waals surface area contributed by atoms with Crippen molar-refractivity contribution in [2.24, 2.45) is 0 Å². The van der Waals surface area contributed by atoms with Gasteiger partial charge in [0.05, 0.1) is 5.69 Å². The van der Waals surface area contributed by atoms with Crippen LogP contribution in [-0.4, -0.2) is 51.3 Å². The second kappa shape index (κ2) is 7.79. The van der Waals surface area contributed by atoms with E-state index < -0.39 is 12.8 Å². The van der Waals surface area contributed by atoms with Gasteiger partial charge in [0, 0.05) is 47.3 Å². The van der Waals surface area contributed by atoms with E-state index in [4.69, 9.17) is 10.7 Å². The summed E-state index contributed by atoms with van der Waals surface area (Å²) in [7, 11) is 0. The van der Waals surface area contributed by atoms with Crippen molar-refractivity contribution in [1.82, 2.24) is 15.0 Å². The van der Waals surface area contributed by atoms with Gasteiger partial charge in [-0.1, -0.05) is 0 Å². The number of aromatic nitrogens is 3. The zero-order valence-corrected chi connectivity index (χ0v) is 17.0. The lowest BCUT2D eigenvalue weighted by molar-refractivity contribution is -0.0494. The molecule has 10 heteroatoms. The van der Waals surface area contributed by atoms with Gasteiger partial charge in [-0.3, -0.25) is 0 Å². The summed E-state index contributed by atoms with van der Waals surface area (Å²) in [5.41, 5.74) is 6.74. The smallest absolute Gasteiger partial charge is 0.387 e. The Morgan fingerprint density at radius 1 is 1.20 bits per heavy atom. The predicted octanol–water partition coefficient (Wildman–Crippen LogP) is 4.02. The number of hydrogen-bond acceptors (Lipinski definition) is 7. The van der Waals surface area contributed by atoms with Crippen LogP contribution >= 0.6 is 11.8 Å². The Kier molecular flexibility index (Phi) is 5.12. The van der Waals surface area contributed by atoms with Crippen molar-refractivity contribution in [1.29, 1.82) is 0 Å². The normalized spacial score (nSPS) is 27.9. The van der Waals surface area contributed by atoms with Crippen LogP contribution in [0.3, 0.4) is 0 Å². The number of ether oxygens (including phenoxy) is 1. The first-order chi connectivity index (χ1) is 14.5. The fraction of sp³-hybridized carbons (Fsp3) is 0.550. The molecule has 1 unspecified atom stereocenters. The molecule has 6 nitrogen and oxygen atoms in total. The van der Waals surface area contributed by atoms with Crippen molar-refractivity contribution in [2.45, 2.75) is 55.7 Å². The minimum Gasteiger partial charge on any atom is -0.431 e. The van der Waals surface area contributed by atoms with Crippen molar-refractivity contribution >= 4 is 23.4 Å². The summed E-state index contributed by atoms with van der Waals surface area (Å²) >= 11 is 1.98. The highest BCUT2D eigenvalue weighted by Crippen LogP contribution is 2.42. The summed E-state index contributed by atoms with van der Waals surface area (Å²) in [4.78, 5) is 15.8. The van der Waals surface area contributed by atoms with Crippen molar-refractivity contribution in [2.75, 3.05) is 22.9 Å². The average molecular weight is 437 g/mol. The quantitative estimate of drug-likeness (QED) is 0.757. The van der Waals surface area contributed by atoms with Crippen molar-refractivity contribution in [3.63, 3.8) is 0 Å². The number of nitrogens with zero attached hydrogens (tertiary/aromatic N) is 4. The van der Waals surface area contributed by atoms with Crippen LogP contribution in [0.5, 0.6) is 5.75 Å². The van der Waals surface area contributed by atoms with Crippen LogP contribution in [0.15, 0.2) is 18.3 Å². The van der Waals surface area contributed by atoms with Gasteiger partial charge < -0.3 is 15.4 Å². The van der Waals surface area contributed by atoms with Gasteiger partial charge in [-0.2, -0.15) is 20.5 Å². The molecular weight excluding hydrogens is 415 g/mol. The van der Waals surface area contributed by atoms with Gasteiger partial charge in [0.15, 0.2) is 11.6 Å². The third-order valence-corrected chi connectivity index (χ3v) is 7.44. The topological polar surface area (TPSA) is 77.2 Å². The first-order valence-corrected chi connectivity index (χ1v) is 11.1. The lowest BCUT2D eigenvalue weighted by atomic mass is 10.1. The third-order valence-electron chi connectivity index (χ3n) is 6.05. The molecule has 30 heavy (non-hydrogen) atoms. The van der Waals surface area contributed by atoms with Gasteiger partial charge >= 0.3 is 6.61 Å². The van der Waals surface area contributed by atoms with E-state index in [1.54, 1.807) is 0 Å². The van der Waals surface area contributed by atoms with Crippen molar-refractivity contribution < 1.29 is 17.9 Å². The van der Waals surface area contributed by atoms with E-state index in [1.807, 2.05) is 17.8 Å². The molecule has 2 aliphatic heterocycles. The van der Waals surface area contributed by atoms with Crippen LogP contribution in [0.4, 0.5) is 24.8 Å². The van der Waals surface area contributed by atoms with Gasteiger partial charge in [0.25, 0.3) is 0 Å². The molecule has 3 aliphatic rings. The molecule has 2 N–H and O–H groups in total. The van der Waals surface area contributed by atoms with E-state index in [-0.39, 0.29) is 17.5 Å². The molecule has 2 bridgehead atoms. The summed E-state index contributed by atoms with van der Waals surface area (Å²) in [5, 5.41) is 0.600. The molecule has 160 valence electrons. The Morgan fingerprint density at radius 3 is 2.73 bits per heavy atom. The van der Waals surface area contributed by atoms with E-state index in [0.29, 0.717) is 47.6 Å². The fourth-order valence-corrected chi connectivity index (χ4v) is 5.99. The monoisotopic (exact) mass is 437 g/mol. The largest absolute Gasteiger partial charge is 0.431 e. The van der Waals surface area contributed by atoms with Gasteiger partial charge in [0.1, 0.15) is 17.8 Å². The van der Waals surface area contributed by atoms with E-state index in [0.717, 1.165) is 24.5 Å². The summed E-state index contributed by atoms with van der Waals surface area (Å²) in [6.07, 6.45) is 3.40. The SMILES string of the molecule is Nc1ncc(-c2cc(N3C[C@@H]4C[C@H]3CS4)nc(C3CC[C@H](F)C3)n2)cc1OC(F)F.